The first-order chi connectivity index (χ1) is 10.0. The molecule has 112 valence electrons. The molecule has 0 aromatic heterocycles. The minimum atomic E-state index is -0.259. The summed E-state index contributed by atoms with van der Waals surface area (Å²) < 4.78 is 18.8. The zero-order valence-electron chi connectivity index (χ0n) is 11.9. The predicted octanol–water partition coefficient (Wildman–Crippen LogP) is 4.04. The highest BCUT2D eigenvalue weighted by Crippen LogP contribution is 2.33. The minimum Gasteiger partial charge on any atom is -0.504 e. The molecular formula is C16H17ClFNO2. The third-order valence-electron chi connectivity index (χ3n) is 3.31. The van der Waals surface area contributed by atoms with E-state index in [1.165, 1.54) is 13.2 Å². The molecule has 0 amide bonds. The van der Waals surface area contributed by atoms with Crippen molar-refractivity contribution in [3.63, 3.8) is 0 Å². The Morgan fingerprint density at radius 3 is 2.71 bits per heavy atom. The summed E-state index contributed by atoms with van der Waals surface area (Å²) in [6.07, 6.45) is 0. The number of aromatic hydroxyl groups is 1. The van der Waals surface area contributed by atoms with Crippen LogP contribution in [0.1, 0.15) is 24.1 Å². The zero-order chi connectivity index (χ0) is 15.4. The number of phenolic OH excluding ortho intramolecular Hbond substituents is 1. The number of benzene rings is 2. The van der Waals surface area contributed by atoms with Crippen molar-refractivity contribution in [1.82, 2.24) is 5.32 Å². The van der Waals surface area contributed by atoms with E-state index in [4.69, 9.17) is 16.3 Å². The first-order valence-corrected chi connectivity index (χ1v) is 6.94. The molecule has 0 saturated carbocycles. The lowest BCUT2D eigenvalue weighted by molar-refractivity contribution is 0.369. The largest absolute Gasteiger partial charge is 0.504 e. The van der Waals surface area contributed by atoms with E-state index in [9.17, 15) is 9.50 Å². The standard InChI is InChI=1S/C16H17ClFNO2/c1-10(13-5-3-4-6-14(13)18)19-9-11-7-12(17)8-15(21-2)16(11)20/h3-8,10,19-20H,9H2,1-2H3/t10-/m1/s1. The Bertz CT molecular complexity index is 634. The van der Waals surface area contributed by atoms with Crippen molar-refractivity contribution in [3.8, 4) is 11.5 Å². The molecule has 2 rings (SSSR count). The van der Waals surface area contributed by atoms with Crippen LogP contribution in [0.25, 0.3) is 0 Å². The molecule has 0 radical (unpaired) electrons. The van der Waals surface area contributed by atoms with Gasteiger partial charge in [0.1, 0.15) is 5.82 Å². The number of hydrogen-bond acceptors (Lipinski definition) is 3. The van der Waals surface area contributed by atoms with E-state index in [0.29, 0.717) is 28.4 Å². The molecule has 0 aliphatic heterocycles. The number of hydrogen-bond donors (Lipinski definition) is 2. The SMILES string of the molecule is COc1cc(Cl)cc(CN[C@H](C)c2ccccc2F)c1O. The quantitative estimate of drug-likeness (QED) is 0.875. The third-order valence-corrected chi connectivity index (χ3v) is 3.53. The number of halogens is 2. The summed E-state index contributed by atoms with van der Waals surface area (Å²) >= 11 is 5.98. The molecule has 0 unspecified atom stereocenters. The summed E-state index contributed by atoms with van der Waals surface area (Å²) in [5.41, 5.74) is 1.17. The molecule has 0 bridgehead atoms. The second kappa shape index (κ2) is 6.78. The van der Waals surface area contributed by atoms with E-state index in [1.807, 2.05) is 6.92 Å². The van der Waals surface area contributed by atoms with Crippen LogP contribution >= 0.6 is 11.6 Å². The molecule has 0 aliphatic carbocycles. The molecule has 2 N–H and O–H groups in total. The highest BCUT2D eigenvalue weighted by Gasteiger charge is 2.13. The summed E-state index contributed by atoms with van der Waals surface area (Å²) in [5, 5.41) is 13.7. The average Bonchev–Trinajstić information content (AvgIpc) is 2.47. The van der Waals surface area contributed by atoms with Gasteiger partial charge >= 0.3 is 0 Å². The van der Waals surface area contributed by atoms with Crippen molar-refractivity contribution in [1.29, 1.82) is 0 Å². The first-order valence-electron chi connectivity index (χ1n) is 6.56. The van der Waals surface area contributed by atoms with Crippen molar-refractivity contribution in [2.75, 3.05) is 7.11 Å². The van der Waals surface area contributed by atoms with Crippen molar-refractivity contribution >= 4 is 11.6 Å². The molecule has 2 aromatic rings. The third kappa shape index (κ3) is 3.65. The van der Waals surface area contributed by atoms with Crippen LogP contribution in [0.2, 0.25) is 5.02 Å². The Morgan fingerprint density at radius 2 is 2.05 bits per heavy atom. The van der Waals surface area contributed by atoms with Gasteiger partial charge in [0.05, 0.1) is 7.11 Å². The van der Waals surface area contributed by atoms with Gasteiger partial charge < -0.3 is 15.2 Å². The highest BCUT2D eigenvalue weighted by molar-refractivity contribution is 6.30. The normalized spacial score (nSPS) is 12.2. The van der Waals surface area contributed by atoms with Crippen LogP contribution in [-0.2, 0) is 6.54 Å². The molecule has 0 fully saturated rings. The van der Waals surface area contributed by atoms with Crippen LogP contribution < -0.4 is 10.1 Å². The van der Waals surface area contributed by atoms with Crippen LogP contribution in [0, 0.1) is 5.82 Å². The molecule has 3 nitrogen and oxygen atoms in total. The lowest BCUT2D eigenvalue weighted by Gasteiger charge is -2.16. The summed E-state index contributed by atoms with van der Waals surface area (Å²) in [6.45, 7) is 2.20. The Balaban J connectivity index is 2.13. The number of ether oxygens (including phenoxy) is 1. The van der Waals surface area contributed by atoms with Crippen LogP contribution in [0.5, 0.6) is 11.5 Å². The van der Waals surface area contributed by atoms with Crippen LogP contribution in [0.3, 0.4) is 0 Å². The lowest BCUT2D eigenvalue weighted by atomic mass is 10.1. The fourth-order valence-electron chi connectivity index (χ4n) is 2.12. The number of rotatable bonds is 5. The highest BCUT2D eigenvalue weighted by atomic mass is 35.5. The molecule has 5 heteroatoms. The molecule has 2 aromatic carbocycles. The minimum absolute atomic E-state index is 0.0372. The molecule has 0 aliphatic rings. The second-order valence-electron chi connectivity index (χ2n) is 4.74. The zero-order valence-corrected chi connectivity index (χ0v) is 12.6. The maximum atomic E-state index is 13.7. The molecular weight excluding hydrogens is 293 g/mol. The maximum absolute atomic E-state index is 13.7. The Hall–Kier alpha value is -1.78. The molecule has 0 heterocycles. The van der Waals surface area contributed by atoms with Crippen molar-refractivity contribution in [2.24, 2.45) is 0 Å². The predicted molar refractivity (Wildman–Crippen MR) is 81.3 cm³/mol. The number of methoxy groups -OCH3 is 1. The first kappa shape index (κ1) is 15.6. The van der Waals surface area contributed by atoms with Gasteiger partial charge in [-0.2, -0.15) is 0 Å². The van der Waals surface area contributed by atoms with Crippen LogP contribution in [0.15, 0.2) is 36.4 Å². The van der Waals surface area contributed by atoms with Gasteiger partial charge in [-0.05, 0) is 19.1 Å². The molecule has 0 spiro atoms. The van der Waals surface area contributed by atoms with E-state index in [1.54, 1.807) is 30.3 Å². The summed E-state index contributed by atoms with van der Waals surface area (Å²) in [7, 11) is 1.46. The Labute approximate surface area is 128 Å². The fourth-order valence-corrected chi connectivity index (χ4v) is 2.35. The molecule has 1 atom stereocenters. The molecule has 0 saturated heterocycles. The summed E-state index contributed by atoms with van der Waals surface area (Å²) in [5.74, 6) is 0.0957. The smallest absolute Gasteiger partial charge is 0.162 e. The van der Waals surface area contributed by atoms with Crippen molar-refractivity contribution in [3.05, 3.63) is 58.4 Å². The van der Waals surface area contributed by atoms with Gasteiger partial charge in [0, 0.05) is 34.8 Å². The van der Waals surface area contributed by atoms with E-state index in [2.05, 4.69) is 5.32 Å². The Kier molecular flexibility index (Phi) is 5.04. The second-order valence-corrected chi connectivity index (χ2v) is 5.18. The van der Waals surface area contributed by atoms with Gasteiger partial charge in [-0.15, -0.1) is 0 Å². The summed E-state index contributed by atoms with van der Waals surface area (Å²) in [4.78, 5) is 0. The Morgan fingerprint density at radius 1 is 1.33 bits per heavy atom. The van der Waals surface area contributed by atoms with E-state index >= 15 is 0 Å². The summed E-state index contributed by atoms with van der Waals surface area (Å²) in [6, 6.07) is 9.59. The van der Waals surface area contributed by atoms with E-state index in [0.717, 1.165) is 0 Å². The van der Waals surface area contributed by atoms with Gasteiger partial charge in [-0.1, -0.05) is 29.8 Å². The van der Waals surface area contributed by atoms with E-state index in [-0.39, 0.29) is 17.6 Å². The van der Waals surface area contributed by atoms with Crippen LogP contribution in [-0.4, -0.2) is 12.2 Å². The van der Waals surface area contributed by atoms with Gasteiger partial charge in [0.25, 0.3) is 0 Å². The van der Waals surface area contributed by atoms with Gasteiger partial charge in [-0.3, -0.25) is 0 Å². The number of phenols is 1. The van der Waals surface area contributed by atoms with Crippen molar-refractivity contribution < 1.29 is 14.2 Å². The van der Waals surface area contributed by atoms with Gasteiger partial charge in [-0.25, -0.2) is 4.39 Å². The maximum Gasteiger partial charge on any atom is 0.162 e. The topological polar surface area (TPSA) is 41.5 Å². The van der Waals surface area contributed by atoms with Crippen molar-refractivity contribution in [2.45, 2.75) is 19.5 Å². The average molecular weight is 310 g/mol. The van der Waals surface area contributed by atoms with Gasteiger partial charge in [0.2, 0.25) is 0 Å². The van der Waals surface area contributed by atoms with E-state index < -0.39 is 0 Å². The van der Waals surface area contributed by atoms with Gasteiger partial charge in [0.15, 0.2) is 11.5 Å². The lowest BCUT2D eigenvalue weighted by Crippen LogP contribution is -2.19. The fraction of sp³-hybridized carbons (Fsp3) is 0.250. The molecule has 21 heavy (non-hydrogen) atoms. The monoisotopic (exact) mass is 309 g/mol. The number of nitrogens with one attached hydrogen (secondary N) is 1. The van der Waals surface area contributed by atoms with Crippen LogP contribution in [0.4, 0.5) is 4.39 Å².